The number of esters is 1. The zero-order valence-corrected chi connectivity index (χ0v) is 8.60. The highest BCUT2D eigenvalue weighted by atomic mass is 16.6. The molecule has 1 aliphatic heterocycles. The summed E-state index contributed by atoms with van der Waals surface area (Å²) in [4.78, 5) is 11.0. The summed E-state index contributed by atoms with van der Waals surface area (Å²) in [7, 11) is 0. The Balaban J connectivity index is 1.81. The number of carbonyl (C=O) groups excluding carboxylic acids is 1. The van der Waals surface area contributed by atoms with Gasteiger partial charge in [0.15, 0.2) is 0 Å². The van der Waals surface area contributed by atoms with E-state index in [1.165, 1.54) is 19.8 Å². The molecule has 0 spiro atoms. The maximum Gasteiger partial charge on any atom is 0.302 e. The van der Waals surface area contributed by atoms with Crippen LogP contribution in [0.3, 0.4) is 0 Å². The van der Waals surface area contributed by atoms with Crippen LogP contribution in [0.4, 0.5) is 0 Å². The first-order valence-corrected chi connectivity index (χ1v) is 5.51. The summed E-state index contributed by atoms with van der Waals surface area (Å²) < 4.78 is 11.1. The minimum atomic E-state index is -0.147. The van der Waals surface area contributed by atoms with E-state index in [0.29, 0.717) is 30.0 Å². The lowest BCUT2D eigenvalue weighted by molar-refractivity contribution is -0.159. The van der Waals surface area contributed by atoms with E-state index in [4.69, 9.17) is 9.47 Å². The molecular weight excluding hydrogens is 180 g/mol. The van der Waals surface area contributed by atoms with Crippen molar-refractivity contribution in [1.82, 2.24) is 0 Å². The van der Waals surface area contributed by atoms with Gasteiger partial charge in [0.05, 0.1) is 12.2 Å². The first-order valence-electron chi connectivity index (χ1n) is 5.51. The van der Waals surface area contributed by atoms with Crippen molar-refractivity contribution in [2.45, 2.75) is 45.0 Å². The molecule has 0 radical (unpaired) electrons. The van der Waals surface area contributed by atoms with Crippen LogP contribution in [0, 0.1) is 17.8 Å². The zero-order valence-electron chi connectivity index (χ0n) is 8.60. The predicted molar refractivity (Wildman–Crippen MR) is 49.6 cm³/mol. The monoisotopic (exact) mass is 196 g/mol. The highest BCUT2D eigenvalue weighted by molar-refractivity contribution is 5.66. The Hall–Kier alpha value is -0.570. The SMILES string of the molecule is CC(=O)O[C@H]1[C@H](C)[C@@H]2CC[C@H]1[C@H]1O[C@@H]21. The van der Waals surface area contributed by atoms with Gasteiger partial charge in [0.1, 0.15) is 6.10 Å². The van der Waals surface area contributed by atoms with Gasteiger partial charge >= 0.3 is 5.97 Å². The van der Waals surface area contributed by atoms with E-state index in [9.17, 15) is 4.79 Å². The van der Waals surface area contributed by atoms with E-state index in [2.05, 4.69) is 6.92 Å². The van der Waals surface area contributed by atoms with Gasteiger partial charge in [-0.05, 0) is 24.7 Å². The molecule has 0 aromatic carbocycles. The quantitative estimate of drug-likeness (QED) is 0.469. The number of hydrogen-bond acceptors (Lipinski definition) is 3. The number of rotatable bonds is 1. The summed E-state index contributed by atoms with van der Waals surface area (Å²) >= 11 is 0. The number of hydrogen-bond donors (Lipinski definition) is 0. The van der Waals surface area contributed by atoms with Crippen LogP contribution in [0.25, 0.3) is 0 Å². The lowest BCUT2D eigenvalue weighted by atomic mass is 9.63. The van der Waals surface area contributed by atoms with E-state index >= 15 is 0 Å². The highest BCUT2D eigenvalue weighted by Crippen LogP contribution is 2.56. The molecule has 0 amide bonds. The van der Waals surface area contributed by atoms with Gasteiger partial charge in [0.2, 0.25) is 0 Å². The van der Waals surface area contributed by atoms with Crippen LogP contribution in [0.1, 0.15) is 26.7 Å². The Morgan fingerprint density at radius 1 is 1.29 bits per heavy atom. The fourth-order valence-corrected chi connectivity index (χ4v) is 3.47. The van der Waals surface area contributed by atoms with Gasteiger partial charge in [-0.1, -0.05) is 6.92 Å². The van der Waals surface area contributed by atoms with Gasteiger partial charge in [-0.2, -0.15) is 0 Å². The largest absolute Gasteiger partial charge is 0.462 e. The van der Waals surface area contributed by atoms with E-state index in [1.54, 1.807) is 0 Å². The molecule has 3 aliphatic carbocycles. The van der Waals surface area contributed by atoms with Gasteiger partial charge in [0.25, 0.3) is 0 Å². The van der Waals surface area contributed by atoms with Crippen LogP contribution in [0.2, 0.25) is 0 Å². The van der Waals surface area contributed by atoms with Crippen molar-refractivity contribution in [2.24, 2.45) is 17.8 Å². The molecule has 0 aromatic rings. The standard InChI is InChI=1S/C11H16O3/c1-5-7-3-4-8(11-10(7)14-11)9(5)13-6(2)12/h5,7-11H,3-4H2,1-2H3/t5-,7+,8-,9+,10+,11-/m1/s1. The Labute approximate surface area is 83.8 Å². The van der Waals surface area contributed by atoms with Crippen molar-refractivity contribution < 1.29 is 14.3 Å². The van der Waals surface area contributed by atoms with Gasteiger partial charge in [0, 0.05) is 12.8 Å². The van der Waals surface area contributed by atoms with Crippen LogP contribution in [-0.4, -0.2) is 24.3 Å². The molecule has 3 saturated carbocycles. The summed E-state index contributed by atoms with van der Waals surface area (Å²) in [5, 5.41) is 0. The Morgan fingerprint density at radius 2 is 1.93 bits per heavy atom. The average molecular weight is 196 g/mol. The molecule has 14 heavy (non-hydrogen) atoms. The molecule has 0 N–H and O–H groups in total. The molecule has 6 atom stereocenters. The molecule has 1 saturated heterocycles. The highest BCUT2D eigenvalue weighted by Gasteiger charge is 2.63. The average Bonchev–Trinajstić information content (AvgIpc) is 2.89. The van der Waals surface area contributed by atoms with Crippen molar-refractivity contribution >= 4 is 5.97 Å². The van der Waals surface area contributed by atoms with Crippen molar-refractivity contribution in [1.29, 1.82) is 0 Å². The van der Waals surface area contributed by atoms with Gasteiger partial charge < -0.3 is 9.47 Å². The van der Waals surface area contributed by atoms with Crippen molar-refractivity contribution in [3.8, 4) is 0 Å². The van der Waals surface area contributed by atoms with Crippen molar-refractivity contribution in [3.05, 3.63) is 0 Å². The summed E-state index contributed by atoms with van der Waals surface area (Å²) in [6.07, 6.45) is 3.46. The topological polar surface area (TPSA) is 38.8 Å². The fraction of sp³-hybridized carbons (Fsp3) is 0.909. The number of ether oxygens (including phenoxy) is 2. The maximum atomic E-state index is 11.0. The van der Waals surface area contributed by atoms with E-state index in [-0.39, 0.29) is 12.1 Å². The van der Waals surface area contributed by atoms with Crippen LogP contribution in [-0.2, 0) is 14.3 Å². The van der Waals surface area contributed by atoms with Crippen LogP contribution >= 0.6 is 0 Å². The van der Waals surface area contributed by atoms with Gasteiger partial charge in [-0.25, -0.2) is 0 Å². The lowest BCUT2D eigenvalue weighted by Gasteiger charge is -2.43. The molecule has 3 nitrogen and oxygen atoms in total. The maximum absolute atomic E-state index is 11.0. The Morgan fingerprint density at radius 3 is 2.64 bits per heavy atom. The third-order valence-electron chi connectivity index (χ3n) is 4.16. The van der Waals surface area contributed by atoms with E-state index < -0.39 is 0 Å². The smallest absolute Gasteiger partial charge is 0.302 e. The summed E-state index contributed by atoms with van der Waals surface area (Å²) in [5.74, 6) is 1.45. The van der Waals surface area contributed by atoms with Crippen molar-refractivity contribution in [3.63, 3.8) is 0 Å². The minimum Gasteiger partial charge on any atom is -0.462 e. The second-order valence-corrected chi connectivity index (χ2v) is 4.90. The minimum absolute atomic E-state index is 0.120. The molecule has 2 bridgehead atoms. The first-order chi connectivity index (χ1) is 6.68. The third kappa shape index (κ3) is 1.05. The van der Waals surface area contributed by atoms with Crippen molar-refractivity contribution in [2.75, 3.05) is 0 Å². The van der Waals surface area contributed by atoms with Crippen LogP contribution in [0.5, 0.6) is 0 Å². The van der Waals surface area contributed by atoms with E-state index in [0.717, 1.165) is 0 Å². The molecular formula is C11H16O3. The molecule has 0 aromatic heterocycles. The van der Waals surface area contributed by atoms with Gasteiger partial charge in [-0.15, -0.1) is 0 Å². The normalized spacial score (nSPS) is 53.9. The molecule has 4 rings (SSSR count). The van der Waals surface area contributed by atoms with E-state index in [1.807, 2.05) is 0 Å². The Bertz CT molecular complexity index is 276. The van der Waals surface area contributed by atoms with Gasteiger partial charge in [-0.3, -0.25) is 4.79 Å². The molecule has 78 valence electrons. The molecule has 4 fully saturated rings. The third-order valence-corrected chi connectivity index (χ3v) is 4.16. The van der Waals surface area contributed by atoms with Crippen LogP contribution in [0.15, 0.2) is 0 Å². The zero-order chi connectivity index (χ0) is 9.87. The molecule has 1 heterocycles. The molecule has 3 heteroatoms. The second-order valence-electron chi connectivity index (χ2n) is 4.90. The summed E-state index contributed by atoms with van der Waals surface area (Å²) in [5.41, 5.74) is 0. The lowest BCUT2D eigenvalue weighted by Crippen LogP contribution is -2.49. The number of carbonyl (C=O) groups is 1. The number of fused-ring (bicyclic) bond motifs is 2. The predicted octanol–water partition coefficient (Wildman–Crippen LogP) is 1.36. The summed E-state index contributed by atoms with van der Waals surface area (Å²) in [6, 6.07) is 0. The summed E-state index contributed by atoms with van der Waals surface area (Å²) in [6.45, 7) is 3.70. The Kier molecular flexibility index (Phi) is 1.69. The second kappa shape index (κ2) is 2.72. The molecule has 0 unspecified atom stereocenters. The fourth-order valence-electron chi connectivity index (χ4n) is 3.47. The number of epoxide rings is 1. The molecule has 4 aliphatic rings. The van der Waals surface area contributed by atoms with Crippen LogP contribution < -0.4 is 0 Å². The first kappa shape index (κ1) is 8.72.